The van der Waals surface area contributed by atoms with E-state index in [1.165, 1.54) is 50.4 Å². The Kier molecular flexibility index (Phi) is 7.46. The Bertz CT molecular complexity index is 1070. The highest BCUT2D eigenvalue weighted by molar-refractivity contribution is 7.92. The van der Waals surface area contributed by atoms with Crippen molar-refractivity contribution in [1.82, 2.24) is 0 Å². The van der Waals surface area contributed by atoms with Crippen LogP contribution in [0.1, 0.15) is 12.5 Å². The van der Waals surface area contributed by atoms with Gasteiger partial charge in [0.25, 0.3) is 15.8 Å². The van der Waals surface area contributed by atoms with Crippen molar-refractivity contribution in [3.63, 3.8) is 0 Å². The zero-order valence-corrected chi connectivity index (χ0v) is 17.5. The van der Waals surface area contributed by atoms with Gasteiger partial charge in [-0.3, -0.25) is 9.10 Å². The summed E-state index contributed by atoms with van der Waals surface area (Å²) >= 11 is 0. The Balaban J connectivity index is 2.50. The van der Waals surface area contributed by atoms with Crippen molar-refractivity contribution in [1.29, 1.82) is 0 Å². The highest BCUT2D eigenvalue weighted by Crippen LogP contribution is 2.26. The molecule has 30 heavy (non-hydrogen) atoms. The zero-order chi connectivity index (χ0) is 22.3. The van der Waals surface area contributed by atoms with Gasteiger partial charge in [-0.1, -0.05) is 17.7 Å². The fourth-order valence-electron chi connectivity index (χ4n) is 2.52. The third-order valence-electron chi connectivity index (χ3n) is 4.09. The summed E-state index contributed by atoms with van der Waals surface area (Å²) < 4.78 is 37.1. The summed E-state index contributed by atoms with van der Waals surface area (Å²) in [7, 11) is -2.72. The SMILES string of the molecule is CCOC(=O)C(=[N+]=[N-])C(=O)CN(c1ccc(OC)cc1)S(=O)(=O)c1ccc(C)cc1. The van der Waals surface area contributed by atoms with Crippen LogP contribution in [0.15, 0.2) is 53.4 Å². The first-order valence-electron chi connectivity index (χ1n) is 8.90. The summed E-state index contributed by atoms with van der Waals surface area (Å²) in [6.07, 6.45) is 0. The second-order valence-corrected chi connectivity index (χ2v) is 7.98. The number of nitrogens with zero attached hydrogens (tertiary/aromatic N) is 3. The minimum atomic E-state index is -4.18. The van der Waals surface area contributed by atoms with Gasteiger partial charge in [-0.2, -0.15) is 4.79 Å². The van der Waals surface area contributed by atoms with Crippen LogP contribution in [-0.2, 0) is 24.3 Å². The predicted molar refractivity (Wildman–Crippen MR) is 109 cm³/mol. The third kappa shape index (κ3) is 5.11. The third-order valence-corrected chi connectivity index (χ3v) is 5.88. The van der Waals surface area contributed by atoms with Crippen molar-refractivity contribution in [3.8, 4) is 5.75 Å². The molecule has 0 aliphatic heterocycles. The van der Waals surface area contributed by atoms with Gasteiger partial charge in [-0.25, -0.2) is 13.2 Å². The van der Waals surface area contributed by atoms with Gasteiger partial charge >= 0.3 is 11.7 Å². The number of methoxy groups -OCH3 is 1. The number of carbonyl (C=O) groups is 2. The van der Waals surface area contributed by atoms with Crippen LogP contribution in [-0.4, -0.2) is 50.9 Å². The fraction of sp³-hybridized carbons (Fsp3) is 0.250. The van der Waals surface area contributed by atoms with Crippen LogP contribution < -0.4 is 9.04 Å². The van der Waals surface area contributed by atoms with E-state index in [0.717, 1.165) is 9.87 Å². The number of hydrogen-bond donors (Lipinski definition) is 0. The van der Waals surface area contributed by atoms with E-state index in [9.17, 15) is 18.0 Å². The van der Waals surface area contributed by atoms with E-state index < -0.39 is 34.0 Å². The number of anilines is 1. The minimum absolute atomic E-state index is 0.0460. The Labute approximate surface area is 174 Å². The highest BCUT2D eigenvalue weighted by atomic mass is 32.2. The van der Waals surface area contributed by atoms with E-state index in [-0.39, 0.29) is 17.2 Å². The number of carbonyl (C=O) groups excluding carboxylic acids is 2. The molecule has 10 heteroatoms. The monoisotopic (exact) mass is 431 g/mol. The lowest BCUT2D eigenvalue weighted by Gasteiger charge is -2.23. The van der Waals surface area contributed by atoms with Crippen LogP contribution in [0.5, 0.6) is 5.75 Å². The molecule has 2 aromatic rings. The second-order valence-electron chi connectivity index (χ2n) is 6.12. The summed E-state index contributed by atoms with van der Waals surface area (Å²) in [5.41, 5.74) is 9.20. The topological polar surface area (TPSA) is 126 Å². The minimum Gasteiger partial charge on any atom is -0.497 e. The van der Waals surface area contributed by atoms with Crippen LogP contribution in [0, 0.1) is 6.92 Å². The normalized spacial score (nSPS) is 10.6. The molecule has 0 unspecified atom stereocenters. The highest BCUT2D eigenvalue weighted by Gasteiger charge is 2.36. The first-order valence-corrected chi connectivity index (χ1v) is 10.3. The maximum absolute atomic E-state index is 13.3. The van der Waals surface area contributed by atoms with Crippen molar-refractivity contribution in [3.05, 3.63) is 59.6 Å². The van der Waals surface area contributed by atoms with Crippen molar-refractivity contribution in [2.75, 3.05) is 24.6 Å². The van der Waals surface area contributed by atoms with E-state index in [1.807, 2.05) is 6.92 Å². The lowest BCUT2D eigenvalue weighted by Crippen LogP contribution is -2.41. The Morgan fingerprint density at radius 2 is 1.67 bits per heavy atom. The van der Waals surface area contributed by atoms with Crippen molar-refractivity contribution in [2.24, 2.45) is 0 Å². The van der Waals surface area contributed by atoms with Gasteiger partial charge in [-0.15, -0.1) is 0 Å². The number of benzene rings is 2. The van der Waals surface area contributed by atoms with Crippen molar-refractivity contribution >= 4 is 33.2 Å². The van der Waals surface area contributed by atoms with Crippen LogP contribution >= 0.6 is 0 Å². The molecule has 0 spiro atoms. The number of sulfonamides is 1. The molecule has 158 valence electrons. The van der Waals surface area contributed by atoms with E-state index >= 15 is 0 Å². The fourth-order valence-corrected chi connectivity index (χ4v) is 3.94. The molecular formula is C20H21N3O6S. The molecular weight excluding hydrogens is 410 g/mol. The molecule has 0 amide bonds. The Morgan fingerprint density at radius 1 is 1.07 bits per heavy atom. The smallest absolute Gasteiger partial charge is 0.443 e. The van der Waals surface area contributed by atoms with Crippen LogP contribution in [0.25, 0.3) is 5.53 Å². The van der Waals surface area contributed by atoms with Crippen LogP contribution in [0.3, 0.4) is 0 Å². The van der Waals surface area contributed by atoms with Gasteiger partial charge in [0.1, 0.15) is 12.3 Å². The lowest BCUT2D eigenvalue weighted by molar-refractivity contribution is -0.141. The molecule has 0 atom stereocenters. The van der Waals surface area contributed by atoms with E-state index in [4.69, 9.17) is 10.3 Å². The Morgan fingerprint density at radius 3 is 2.17 bits per heavy atom. The zero-order valence-electron chi connectivity index (χ0n) is 16.7. The van der Waals surface area contributed by atoms with E-state index in [2.05, 4.69) is 9.53 Å². The average molecular weight is 431 g/mol. The molecule has 0 aliphatic carbocycles. The summed E-state index contributed by atoms with van der Waals surface area (Å²) in [5.74, 6) is -1.68. The summed E-state index contributed by atoms with van der Waals surface area (Å²) in [6.45, 7) is 2.50. The van der Waals surface area contributed by atoms with E-state index in [0.29, 0.717) is 5.75 Å². The molecule has 0 aromatic heterocycles. The number of aryl methyl sites for hydroxylation is 1. The number of esters is 1. The van der Waals surface area contributed by atoms with Gasteiger partial charge in [0.15, 0.2) is 0 Å². The molecule has 0 bridgehead atoms. The average Bonchev–Trinajstić information content (AvgIpc) is 2.73. The maximum atomic E-state index is 13.3. The predicted octanol–water partition coefficient (Wildman–Crippen LogP) is 2.00. The molecule has 9 nitrogen and oxygen atoms in total. The molecule has 0 aliphatic rings. The number of rotatable bonds is 9. The molecule has 2 aromatic carbocycles. The van der Waals surface area contributed by atoms with Gasteiger partial charge in [0.2, 0.25) is 0 Å². The number of Topliss-reactive ketones (excluding diaryl/α,β-unsaturated/α-hetero) is 1. The molecule has 0 fully saturated rings. The molecule has 0 radical (unpaired) electrons. The first-order chi connectivity index (χ1) is 14.2. The molecule has 2 rings (SSSR count). The van der Waals surface area contributed by atoms with E-state index in [1.54, 1.807) is 12.1 Å². The number of ether oxygens (including phenoxy) is 2. The number of ketones is 1. The van der Waals surface area contributed by atoms with Gasteiger partial charge in [0, 0.05) is 0 Å². The van der Waals surface area contributed by atoms with Gasteiger partial charge in [0.05, 0.1) is 24.3 Å². The summed E-state index contributed by atoms with van der Waals surface area (Å²) in [6, 6.07) is 12.1. The molecule has 0 heterocycles. The van der Waals surface area contributed by atoms with Crippen molar-refractivity contribution in [2.45, 2.75) is 18.7 Å². The first kappa shape index (κ1) is 22.8. The largest absolute Gasteiger partial charge is 0.497 e. The molecule has 0 saturated heterocycles. The maximum Gasteiger partial charge on any atom is 0.443 e. The van der Waals surface area contributed by atoms with Gasteiger partial charge in [-0.05, 0) is 50.2 Å². The lowest BCUT2D eigenvalue weighted by atomic mass is 10.2. The standard InChI is InChI=1S/C20H21N3O6S/c1-4-29-20(25)19(22-21)18(24)13-23(15-7-9-16(28-3)10-8-15)30(26,27)17-11-5-14(2)6-12-17/h5-12H,4,13H2,1-3H3. The Hall–Kier alpha value is -3.49. The summed E-state index contributed by atoms with van der Waals surface area (Å²) in [5, 5.41) is 0. The van der Waals surface area contributed by atoms with Gasteiger partial charge < -0.3 is 15.0 Å². The molecule has 0 saturated carbocycles. The van der Waals surface area contributed by atoms with Crippen LogP contribution in [0.2, 0.25) is 0 Å². The molecule has 0 N–H and O–H groups in total. The quantitative estimate of drug-likeness (QED) is 0.196. The van der Waals surface area contributed by atoms with Crippen LogP contribution in [0.4, 0.5) is 5.69 Å². The van der Waals surface area contributed by atoms with Crippen molar-refractivity contribution < 1.29 is 32.3 Å². The number of hydrogen-bond acceptors (Lipinski definition) is 6. The second kappa shape index (κ2) is 9.82. The summed E-state index contributed by atoms with van der Waals surface area (Å²) in [4.78, 5) is 27.1.